The zero-order chi connectivity index (χ0) is 20.1. The van der Waals surface area contributed by atoms with Gasteiger partial charge in [-0.05, 0) is 55.1 Å². The van der Waals surface area contributed by atoms with Gasteiger partial charge in [0.05, 0.1) is 17.7 Å². The quantitative estimate of drug-likeness (QED) is 0.713. The summed E-state index contributed by atoms with van der Waals surface area (Å²) in [6, 6.07) is 16.5. The van der Waals surface area contributed by atoms with Crippen LogP contribution < -0.4 is 9.64 Å². The summed E-state index contributed by atoms with van der Waals surface area (Å²) in [6.07, 6.45) is 1.59. The summed E-state index contributed by atoms with van der Waals surface area (Å²) >= 11 is 1.26. The minimum absolute atomic E-state index is 0.165. The van der Waals surface area contributed by atoms with Crippen LogP contribution in [0.3, 0.4) is 0 Å². The number of hydrogen-bond acceptors (Lipinski definition) is 5. The van der Waals surface area contributed by atoms with Gasteiger partial charge in [0.1, 0.15) is 5.75 Å². The number of carbonyl (C=O) groups is 2. The number of thioether (sulfide) groups is 1. The van der Waals surface area contributed by atoms with E-state index in [1.807, 2.05) is 61.5 Å². The highest BCUT2D eigenvalue weighted by atomic mass is 32.2. The van der Waals surface area contributed by atoms with Crippen LogP contribution in [0.2, 0.25) is 0 Å². The van der Waals surface area contributed by atoms with E-state index in [2.05, 4.69) is 4.99 Å². The van der Waals surface area contributed by atoms with Gasteiger partial charge in [-0.3, -0.25) is 19.4 Å². The second kappa shape index (κ2) is 8.75. The smallest absolute Gasteiger partial charge is 0.268 e. The summed E-state index contributed by atoms with van der Waals surface area (Å²) in [5, 5.41) is 0.584. The van der Waals surface area contributed by atoms with Gasteiger partial charge in [-0.2, -0.15) is 0 Å². The summed E-state index contributed by atoms with van der Waals surface area (Å²) in [5.41, 5.74) is 1.43. The van der Waals surface area contributed by atoms with Crippen molar-refractivity contribution in [2.45, 2.75) is 13.8 Å². The Labute approximate surface area is 168 Å². The minimum Gasteiger partial charge on any atom is -0.497 e. The second-order valence-corrected chi connectivity index (χ2v) is 6.97. The van der Waals surface area contributed by atoms with Crippen molar-refractivity contribution in [3.63, 3.8) is 0 Å². The molecule has 1 saturated heterocycles. The predicted octanol–water partition coefficient (Wildman–Crippen LogP) is 4.17. The molecule has 0 unspecified atom stereocenters. The van der Waals surface area contributed by atoms with Gasteiger partial charge >= 0.3 is 0 Å². The molecule has 0 saturated carbocycles. The van der Waals surface area contributed by atoms with Crippen molar-refractivity contribution in [1.82, 2.24) is 4.90 Å². The molecule has 0 N–H and O–H groups in total. The first-order chi connectivity index (χ1) is 13.5. The highest BCUT2D eigenvalue weighted by Crippen LogP contribution is 2.34. The summed E-state index contributed by atoms with van der Waals surface area (Å²) in [7, 11) is 1.61. The fraction of sp³-hybridized carbons (Fsp3) is 0.190. The molecule has 0 atom stereocenters. The lowest BCUT2D eigenvalue weighted by Gasteiger charge is -2.17. The molecule has 0 aromatic heterocycles. The fourth-order valence-electron chi connectivity index (χ4n) is 2.68. The molecule has 0 aliphatic carbocycles. The normalized spacial score (nSPS) is 16.7. The van der Waals surface area contributed by atoms with Crippen LogP contribution >= 0.6 is 11.8 Å². The molecule has 0 spiro atoms. The van der Waals surface area contributed by atoms with E-state index in [-0.39, 0.29) is 11.8 Å². The van der Waals surface area contributed by atoms with Crippen molar-refractivity contribution in [2.24, 2.45) is 4.99 Å². The standard InChI is InChI=1S/C21H21N3O3S/c1-4-23-20(26)19(14-24(15(2)25)17-8-6-5-7-9-17)28-21(23)22-16-10-12-18(27-3)13-11-16/h5-14H,4H2,1-3H3. The number of amides is 2. The maximum absolute atomic E-state index is 12.8. The number of methoxy groups -OCH3 is 1. The Morgan fingerprint density at radius 2 is 1.86 bits per heavy atom. The van der Waals surface area contributed by atoms with Crippen molar-refractivity contribution in [3.05, 3.63) is 65.7 Å². The number of nitrogens with zero attached hydrogens (tertiary/aromatic N) is 3. The molecular formula is C21H21N3O3S. The first-order valence-electron chi connectivity index (χ1n) is 8.82. The highest BCUT2D eigenvalue weighted by molar-refractivity contribution is 8.18. The van der Waals surface area contributed by atoms with E-state index in [4.69, 9.17) is 4.74 Å². The monoisotopic (exact) mass is 395 g/mol. The number of aliphatic imine (C=N–C) groups is 1. The number of para-hydroxylation sites is 1. The maximum atomic E-state index is 12.8. The van der Waals surface area contributed by atoms with Gasteiger partial charge in [-0.15, -0.1) is 0 Å². The van der Waals surface area contributed by atoms with Crippen molar-refractivity contribution in [2.75, 3.05) is 18.6 Å². The molecule has 7 heteroatoms. The van der Waals surface area contributed by atoms with Crippen molar-refractivity contribution < 1.29 is 14.3 Å². The molecule has 6 nitrogen and oxygen atoms in total. The Hall–Kier alpha value is -3.06. The van der Waals surface area contributed by atoms with Crippen molar-refractivity contribution >= 4 is 40.1 Å². The Bertz CT molecular complexity index is 924. The van der Waals surface area contributed by atoms with E-state index in [0.717, 1.165) is 11.4 Å². The molecule has 1 aliphatic heterocycles. The number of hydrogen-bond donors (Lipinski definition) is 0. The van der Waals surface area contributed by atoms with E-state index >= 15 is 0 Å². The summed E-state index contributed by atoms with van der Waals surface area (Å²) in [4.78, 5) is 33.1. The summed E-state index contributed by atoms with van der Waals surface area (Å²) in [5.74, 6) is 0.407. The molecule has 1 aliphatic rings. The number of likely N-dealkylation sites (N-methyl/N-ethyl adjacent to an activating group) is 1. The molecule has 28 heavy (non-hydrogen) atoms. The SMILES string of the molecule is CCN1C(=O)C(=CN(C(C)=O)c2ccccc2)SC1=Nc1ccc(OC)cc1. The van der Waals surface area contributed by atoms with Crippen LogP contribution in [0.1, 0.15) is 13.8 Å². The Morgan fingerprint density at radius 1 is 1.18 bits per heavy atom. The molecular weight excluding hydrogens is 374 g/mol. The molecule has 2 aromatic carbocycles. The van der Waals surface area contributed by atoms with E-state index in [9.17, 15) is 9.59 Å². The lowest BCUT2D eigenvalue weighted by atomic mass is 10.3. The lowest BCUT2D eigenvalue weighted by molar-refractivity contribution is -0.122. The highest BCUT2D eigenvalue weighted by Gasteiger charge is 2.33. The molecule has 2 aromatic rings. The molecule has 1 fully saturated rings. The van der Waals surface area contributed by atoms with Crippen LogP contribution in [0.4, 0.5) is 11.4 Å². The average Bonchev–Trinajstić information content (AvgIpc) is 3.01. The molecule has 0 radical (unpaired) electrons. The third-order valence-electron chi connectivity index (χ3n) is 4.12. The van der Waals surface area contributed by atoms with Crippen LogP contribution in [0.5, 0.6) is 5.75 Å². The van der Waals surface area contributed by atoms with Crippen LogP contribution in [0, 0.1) is 0 Å². The Morgan fingerprint density at radius 3 is 2.43 bits per heavy atom. The van der Waals surface area contributed by atoms with Gasteiger partial charge in [-0.25, -0.2) is 4.99 Å². The van der Waals surface area contributed by atoms with E-state index in [0.29, 0.717) is 22.3 Å². The van der Waals surface area contributed by atoms with Crippen LogP contribution in [-0.2, 0) is 9.59 Å². The molecule has 144 valence electrons. The predicted molar refractivity (Wildman–Crippen MR) is 113 cm³/mol. The second-order valence-electron chi connectivity index (χ2n) is 5.96. The van der Waals surface area contributed by atoms with Crippen LogP contribution in [0.15, 0.2) is 70.7 Å². The van der Waals surface area contributed by atoms with E-state index in [1.54, 1.807) is 18.2 Å². The molecule has 0 bridgehead atoms. The van der Waals surface area contributed by atoms with Gasteiger partial charge in [0.25, 0.3) is 5.91 Å². The van der Waals surface area contributed by atoms with Gasteiger partial charge in [0.15, 0.2) is 5.17 Å². The topological polar surface area (TPSA) is 62.2 Å². The third kappa shape index (κ3) is 4.26. The zero-order valence-corrected chi connectivity index (χ0v) is 16.8. The van der Waals surface area contributed by atoms with Gasteiger partial charge in [0.2, 0.25) is 5.91 Å². The maximum Gasteiger partial charge on any atom is 0.268 e. The van der Waals surface area contributed by atoms with Crippen LogP contribution in [-0.4, -0.2) is 35.5 Å². The number of benzene rings is 2. The minimum atomic E-state index is -0.171. The molecule has 2 amide bonds. The van der Waals surface area contributed by atoms with E-state index < -0.39 is 0 Å². The number of rotatable bonds is 5. The Kier molecular flexibility index (Phi) is 6.16. The summed E-state index contributed by atoms with van der Waals surface area (Å²) < 4.78 is 5.16. The zero-order valence-electron chi connectivity index (χ0n) is 16.0. The molecule has 3 rings (SSSR count). The van der Waals surface area contributed by atoms with E-state index in [1.165, 1.54) is 23.6 Å². The number of ether oxygens (including phenoxy) is 1. The van der Waals surface area contributed by atoms with Gasteiger partial charge < -0.3 is 4.74 Å². The van der Waals surface area contributed by atoms with Crippen molar-refractivity contribution in [3.8, 4) is 5.75 Å². The fourth-order valence-corrected chi connectivity index (χ4v) is 3.71. The average molecular weight is 395 g/mol. The van der Waals surface area contributed by atoms with Gasteiger partial charge in [0, 0.05) is 25.4 Å². The first kappa shape index (κ1) is 19.7. The number of amidine groups is 1. The Balaban J connectivity index is 1.92. The number of anilines is 1. The first-order valence-corrected chi connectivity index (χ1v) is 9.64. The third-order valence-corrected chi connectivity index (χ3v) is 5.12. The molecule has 1 heterocycles. The summed E-state index contributed by atoms with van der Waals surface area (Å²) in [6.45, 7) is 3.85. The van der Waals surface area contributed by atoms with Crippen molar-refractivity contribution in [1.29, 1.82) is 0 Å². The largest absolute Gasteiger partial charge is 0.497 e. The lowest BCUT2D eigenvalue weighted by Crippen LogP contribution is -2.29. The van der Waals surface area contributed by atoms with Crippen LogP contribution in [0.25, 0.3) is 0 Å². The van der Waals surface area contributed by atoms with Gasteiger partial charge in [-0.1, -0.05) is 18.2 Å². The number of carbonyl (C=O) groups excluding carboxylic acids is 2.